The van der Waals surface area contributed by atoms with Crippen molar-refractivity contribution < 1.29 is 18.7 Å². The van der Waals surface area contributed by atoms with E-state index in [0.29, 0.717) is 54.8 Å². The number of nitrogens with zero attached hydrogens (tertiary/aromatic N) is 4. The highest BCUT2D eigenvalue weighted by Crippen LogP contribution is 2.30. The van der Waals surface area contributed by atoms with E-state index in [0.717, 1.165) is 5.69 Å². The second kappa shape index (κ2) is 8.40. The maximum atomic E-state index is 15.1. The van der Waals surface area contributed by atoms with Crippen molar-refractivity contribution in [2.75, 3.05) is 36.0 Å². The number of halogens is 2. The molecule has 0 spiro atoms. The number of hydrogen-bond donors (Lipinski definition) is 1. The normalized spacial score (nSPS) is 14.2. The van der Waals surface area contributed by atoms with Crippen molar-refractivity contribution in [3.05, 3.63) is 76.2 Å². The van der Waals surface area contributed by atoms with Crippen LogP contribution in [-0.4, -0.2) is 46.8 Å². The number of carboxylic acids is 1. The number of benzene rings is 2. The van der Waals surface area contributed by atoms with Crippen LogP contribution in [0.5, 0.6) is 0 Å². The van der Waals surface area contributed by atoms with E-state index in [1.807, 2.05) is 11.8 Å². The summed E-state index contributed by atoms with van der Waals surface area (Å²) in [4.78, 5) is 33.1. The molecule has 0 saturated carbocycles. The highest BCUT2D eigenvalue weighted by molar-refractivity contribution is 6.07. The molecule has 0 aliphatic carbocycles. The third-order valence-corrected chi connectivity index (χ3v) is 6.37. The molecule has 0 atom stereocenters. The molecule has 5 rings (SSSR count). The molecule has 174 valence electrons. The number of aryl methyl sites for hydroxylation is 1. The fourth-order valence-electron chi connectivity index (χ4n) is 4.58. The molecule has 0 radical (unpaired) electrons. The van der Waals surface area contributed by atoms with Gasteiger partial charge in [0, 0.05) is 56.1 Å². The van der Waals surface area contributed by atoms with Gasteiger partial charge in [-0.05, 0) is 37.3 Å². The molecule has 1 saturated heterocycles. The molecular formula is C25H22F2N4O3. The fraction of sp³-hybridized carbons (Fsp3) is 0.240. The molecule has 2 aromatic heterocycles. The van der Waals surface area contributed by atoms with Gasteiger partial charge in [0.05, 0.1) is 28.3 Å². The van der Waals surface area contributed by atoms with E-state index >= 15 is 4.39 Å². The van der Waals surface area contributed by atoms with Crippen molar-refractivity contribution in [2.24, 2.45) is 0 Å². The number of pyridine rings is 2. The summed E-state index contributed by atoms with van der Waals surface area (Å²) < 4.78 is 30.0. The first-order valence-electron chi connectivity index (χ1n) is 11.0. The Bertz CT molecular complexity index is 1480. The van der Waals surface area contributed by atoms with Gasteiger partial charge in [0.15, 0.2) is 0 Å². The molecule has 0 amide bonds. The van der Waals surface area contributed by atoms with Crippen LogP contribution in [0.1, 0.15) is 17.3 Å². The minimum atomic E-state index is -1.31. The zero-order valence-electron chi connectivity index (χ0n) is 18.5. The number of carboxylic acid groups (broad SMARTS) is 1. The third-order valence-electron chi connectivity index (χ3n) is 6.37. The molecule has 34 heavy (non-hydrogen) atoms. The molecule has 9 heteroatoms. The Morgan fingerprint density at radius 3 is 2.38 bits per heavy atom. The lowest BCUT2D eigenvalue weighted by molar-refractivity contribution is 0.0695. The summed E-state index contributed by atoms with van der Waals surface area (Å²) in [6.45, 7) is 4.57. The smallest absolute Gasteiger partial charge is 0.341 e. The highest BCUT2D eigenvalue weighted by atomic mass is 19.1. The van der Waals surface area contributed by atoms with Gasteiger partial charge in [-0.25, -0.2) is 13.6 Å². The van der Waals surface area contributed by atoms with Crippen LogP contribution in [0.2, 0.25) is 0 Å². The molecule has 0 unspecified atom stereocenters. The van der Waals surface area contributed by atoms with E-state index in [-0.39, 0.29) is 16.8 Å². The van der Waals surface area contributed by atoms with E-state index < -0.39 is 17.2 Å². The Morgan fingerprint density at radius 2 is 1.74 bits per heavy atom. The number of anilines is 2. The quantitative estimate of drug-likeness (QED) is 0.462. The Morgan fingerprint density at radius 1 is 1.06 bits per heavy atom. The largest absolute Gasteiger partial charge is 0.477 e. The van der Waals surface area contributed by atoms with Crippen molar-refractivity contribution in [1.29, 1.82) is 0 Å². The number of fused-ring (bicyclic) bond motifs is 3. The summed E-state index contributed by atoms with van der Waals surface area (Å²) in [6.07, 6.45) is 2.80. The van der Waals surface area contributed by atoms with Crippen LogP contribution in [0.3, 0.4) is 0 Å². The standard InChI is InChI=1S/C25H22F2N4O3/c1-2-29-14-18(25(33)34)24(32)23-17-11-21(19(27)12-20(17)28-13-22(23)29)31-9-7-30(8-10-31)16-5-3-15(26)4-6-16/h3-6,11-14H,2,7-10H2,1H3,(H,33,34). The molecule has 1 aliphatic heterocycles. The van der Waals surface area contributed by atoms with Gasteiger partial charge >= 0.3 is 5.97 Å². The number of piperazine rings is 1. The van der Waals surface area contributed by atoms with E-state index in [9.17, 15) is 19.1 Å². The van der Waals surface area contributed by atoms with Gasteiger partial charge in [-0.2, -0.15) is 0 Å². The van der Waals surface area contributed by atoms with Crippen LogP contribution < -0.4 is 15.2 Å². The van der Waals surface area contributed by atoms with Crippen LogP contribution >= 0.6 is 0 Å². The van der Waals surface area contributed by atoms with E-state index in [4.69, 9.17) is 0 Å². The zero-order valence-corrected chi connectivity index (χ0v) is 18.5. The Labute approximate surface area is 193 Å². The number of aromatic carboxylic acids is 1. The minimum absolute atomic E-state index is 0.220. The predicted molar refractivity (Wildman–Crippen MR) is 127 cm³/mol. The van der Waals surface area contributed by atoms with Gasteiger partial charge in [0.1, 0.15) is 17.2 Å². The summed E-state index contributed by atoms with van der Waals surface area (Å²) in [7, 11) is 0. The summed E-state index contributed by atoms with van der Waals surface area (Å²) in [5.41, 5.74) is 1.09. The molecule has 4 aromatic rings. The Hall–Kier alpha value is -4.01. The monoisotopic (exact) mass is 464 g/mol. The van der Waals surface area contributed by atoms with Crippen LogP contribution in [0, 0.1) is 11.6 Å². The molecule has 1 fully saturated rings. The highest BCUT2D eigenvalue weighted by Gasteiger charge is 2.23. The van der Waals surface area contributed by atoms with Gasteiger partial charge in [-0.3, -0.25) is 9.78 Å². The average Bonchev–Trinajstić information content (AvgIpc) is 2.84. The topological polar surface area (TPSA) is 78.7 Å². The predicted octanol–water partition coefficient (Wildman–Crippen LogP) is 3.87. The fourth-order valence-corrected chi connectivity index (χ4v) is 4.58. The second-order valence-electron chi connectivity index (χ2n) is 8.25. The summed E-state index contributed by atoms with van der Waals surface area (Å²) in [5, 5.41) is 10.2. The summed E-state index contributed by atoms with van der Waals surface area (Å²) in [5.74, 6) is -2.06. The van der Waals surface area contributed by atoms with Crippen molar-refractivity contribution in [3.63, 3.8) is 0 Å². The van der Waals surface area contributed by atoms with Crippen molar-refractivity contribution in [3.8, 4) is 0 Å². The van der Waals surface area contributed by atoms with Gasteiger partial charge in [0.2, 0.25) is 5.43 Å². The van der Waals surface area contributed by atoms with Gasteiger partial charge in [0.25, 0.3) is 0 Å². The maximum Gasteiger partial charge on any atom is 0.341 e. The lowest BCUT2D eigenvalue weighted by Gasteiger charge is -2.37. The van der Waals surface area contributed by atoms with Gasteiger partial charge < -0.3 is 19.5 Å². The molecule has 1 aliphatic rings. The van der Waals surface area contributed by atoms with Crippen LogP contribution in [0.4, 0.5) is 20.2 Å². The summed E-state index contributed by atoms with van der Waals surface area (Å²) in [6, 6.07) is 9.16. The molecule has 1 N–H and O–H groups in total. The number of rotatable bonds is 4. The molecule has 3 heterocycles. The van der Waals surface area contributed by atoms with Crippen LogP contribution in [0.25, 0.3) is 21.8 Å². The van der Waals surface area contributed by atoms with E-state index in [1.54, 1.807) is 22.8 Å². The van der Waals surface area contributed by atoms with Crippen LogP contribution in [-0.2, 0) is 6.54 Å². The Balaban J connectivity index is 1.57. The average molecular weight is 464 g/mol. The molecular weight excluding hydrogens is 442 g/mol. The molecule has 0 bridgehead atoms. The van der Waals surface area contributed by atoms with Crippen LogP contribution in [0.15, 0.2) is 53.6 Å². The van der Waals surface area contributed by atoms with Crippen molar-refractivity contribution in [2.45, 2.75) is 13.5 Å². The van der Waals surface area contributed by atoms with E-state index in [1.165, 1.54) is 30.6 Å². The first kappa shape index (κ1) is 21.8. The number of carbonyl (C=O) groups is 1. The summed E-state index contributed by atoms with van der Waals surface area (Å²) >= 11 is 0. The second-order valence-corrected chi connectivity index (χ2v) is 8.25. The maximum absolute atomic E-state index is 15.1. The first-order valence-corrected chi connectivity index (χ1v) is 11.0. The third kappa shape index (κ3) is 3.63. The molecule has 7 nitrogen and oxygen atoms in total. The Kier molecular flexibility index (Phi) is 5.39. The minimum Gasteiger partial charge on any atom is -0.477 e. The van der Waals surface area contributed by atoms with Gasteiger partial charge in [-0.1, -0.05) is 0 Å². The molecule has 2 aromatic carbocycles. The number of aromatic nitrogens is 2. The number of hydrogen-bond acceptors (Lipinski definition) is 5. The van der Waals surface area contributed by atoms with Gasteiger partial charge in [-0.15, -0.1) is 0 Å². The van der Waals surface area contributed by atoms with Crippen molar-refractivity contribution >= 4 is 39.1 Å². The zero-order chi connectivity index (χ0) is 24.0. The first-order chi connectivity index (χ1) is 16.4. The van der Waals surface area contributed by atoms with E-state index in [2.05, 4.69) is 9.88 Å². The SMILES string of the molecule is CCn1cc(C(=O)O)c(=O)c2c3cc(N4CCN(c5ccc(F)cc5)CC4)c(F)cc3ncc21. The lowest BCUT2D eigenvalue weighted by Crippen LogP contribution is -2.46. The lowest BCUT2D eigenvalue weighted by atomic mass is 10.0. The van der Waals surface area contributed by atoms with Crippen molar-refractivity contribution in [1.82, 2.24) is 9.55 Å².